The zero-order valence-corrected chi connectivity index (χ0v) is 12.0. The van der Waals surface area contributed by atoms with Crippen LogP contribution in [0.3, 0.4) is 0 Å². The smallest absolute Gasteiger partial charge is 0.191 e. The summed E-state index contributed by atoms with van der Waals surface area (Å²) in [6.45, 7) is 1.83. The molecule has 0 unspecified atom stereocenters. The molecule has 0 saturated carbocycles. The highest BCUT2D eigenvalue weighted by Gasteiger charge is 2.16. The lowest BCUT2D eigenvalue weighted by atomic mass is 10.0. The highest BCUT2D eigenvalue weighted by molar-refractivity contribution is 6.30. The Hall–Kier alpha value is -2.53. The van der Waals surface area contributed by atoms with Gasteiger partial charge in [0.15, 0.2) is 11.2 Å². The van der Waals surface area contributed by atoms with E-state index in [1.807, 2.05) is 19.1 Å². The van der Waals surface area contributed by atoms with Crippen molar-refractivity contribution < 1.29 is 0 Å². The lowest BCUT2D eigenvalue weighted by Gasteiger charge is -2.05. The minimum atomic E-state index is -0.0925. The largest absolute Gasteiger partial charge is 0.382 e. The molecule has 21 heavy (non-hydrogen) atoms. The van der Waals surface area contributed by atoms with E-state index in [0.29, 0.717) is 27.7 Å². The van der Waals surface area contributed by atoms with Crippen LogP contribution >= 0.6 is 11.6 Å². The van der Waals surface area contributed by atoms with Gasteiger partial charge >= 0.3 is 0 Å². The molecule has 6 heteroatoms. The molecule has 0 amide bonds. The highest BCUT2D eigenvalue weighted by atomic mass is 35.5. The van der Waals surface area contributed by atoms with Gasteiger partial charge in [0.1, 0.15) is 0 Å². The molecule has 106 valence electrons. The minimum absolute atomic E-state index is 0.0925. The van der Waals surface area contributed by atoms with Crippen molar-refractivity contribution in [2.75, 3.05) is 5.73 Å². The van der Waals surface area contributed by atoms with Crippen molar-refractivity contribution in [1.29, 1.82) is 0 Å². The second-order valence-corrected chi connectivity index (χ2v) is 5.20. The molecular formula is C15H13ClN4O. The Morgan fingerprint density at radius 2 is 1.95 bits per heavy atom. The Morgan fingerprint density at radius 3 is 2.62 bits per heavy atom. The molecule has 0 aliphatic rings. The van der Waals surface area contributed by atoms with Crippen molar-refractivity contribution >= 4 is 17.4 Å². The number of nitrogens with zero attached hydrogens (tertiary/aromatic N) is 1. The van der Waals surface area contributed by atoms with Crippen LogP contribution in [0.4, 0.5) is 5.82 Å². The SMILES string of the molecule is Cc1cc(=O)c(-c2[nH]nc(N)c2-c2ccc(Cl)cc2)c[nH]1. The maximum Gasteiger partial charge on any atom is 0.191 e. The molecule has 0 bridgehead atoms. The van der Waals surface area contributed by atoms with E-state index in [1.165, 1.54) is 6.07 Å². The number of rotatable bonds is 2. The Morgan fingerprint density at radius 1 is 1.24 bits per heavy atom. The second-order valence-electron chi connectivity index (χ2n) is 4.76. The van der Waals surface area contributed by atoms with Crippen LogP contribution in [-0.2, 0) is 0 Å². The zero-order chi connectivity index (χ0) is 15.0. The van der Waals surface area contributed by atoms with Gasteiger partial charge in [-0.15, -0.1) is 0 Å². The maximum atomic E-state index is 12.2. The number of pyridine rings is 1. The minimum Gasteiger partial charge on any atom is -0.382 e. The van der Waals surface area contributed by atoms with E-state index in [2.05, 4.69) is 15.2 Å². The summed E-state index contributed by atoms with van der Waals surface area (Å²) < 4.78 is 0. The first kappa shape index (κ1) is 13.5. The third-order valence-corrected chi connectivity index (χ3v) is 3.51. The number of aromatic amines is 2. The molecule has 3 rings (SSSR count). The fourth-order valence-electron chi connectivity index (χ4n) is 2.23. The van der Waals surface area contributed by atoms with Gasteiger partial charge in [-0.2, -0.15) is 5.10 Å². The first-order valence-corrected chi connectivity index (χ1v) is 6.73. The first-order valence-electron chi connectivity index (χ1n) is 6.36. The lowest BCUT2D eigenvalue weighted by Crippen LogP contribution is -2.06. The molecule has 0 fully saturated rings. The number of benzene rings is 1. The number of hydrogen-bond acceptors (Lipinski definition) is 3. The van der Waals surface area contributed by atoms with E-state index in [9.17, 15) is 4.79 Å². The van der Waals surface area contributed by atoms with Crippen molar-refractivity contribution in [2.24, 2.45) is 0 Å². The topological polar surface area (TPSA) is 87.6 Å². The molecule has 1 aromatic carbocycles. The van der Waals surface area contributed by atoms with Crippen LogP contribution in [0.25, 0.3) is 22.4 Å². The number of hydrogen-bond donors (Lipinski definition) is 3. The van der Waals surface area contributed by atoms with E-state index in [-0.39, 0.29) is 5.43 Å². The van der Waals surface area contributed by atoms with E-state index < -0.39 is 0 Å². The number of anilines is 1. The summed E-state index contributed by atoms with van der Waals surface area (Å²) in [5.41, 5.74) is 9.28. The number of nitrogens with two attached hydrogens (primary N) is 1. The van der Waals surface area contributed by atoms with E-state index >= 15 is 0 Å². The molecule has 0 radical (unpaired) electrons. The molecule has 0 spiro atoms. The Balaban J connectivity index is 2.21. The summed E-state index contributed by atoms with van der Waals surface area (Å²) in [7, 11) is 0. The van der Waals surface area contributed by atoms with Crippen molar-refractivity contribution in [3.05, 3.63) is 57.5 Å². The van der Waals surface area contributed by atoms with Crippen LogP contribution in [0.1, 0.15) is 5.69 Å². The van der Waals surface area contributed by atoms with Gasteiger partial charge in [-0.1, -0.05) is 23.7 Å². The monoisotopic (exact) mass is 300 g/mol. The summed E-state index contributed by atoms with van der Waals surface area (Å²) in [6, 6.07) is 8.77. The molecule has 5 nitrogen and oxygen atoms in total. The molecule has 2 aromatic heterocycles. The van der Waals surface area contributed by atoms with Crippen LogP contribution in [0.5, 0.6) is 0 Å². The van der Waals surface area contributed by atoms with Gasteiger partial charge in [0.25, 0.3) is 0 Å². The number of aryl methyl sites for hydroxylation is 1. The third-order valence-electron chi connectivity index (χ3n) is 3.25. The van der Waals surface area contributed by atoms with Crippen LogP contribution in [0.15, 0.2) is 41.3 Å². The average molecular weight is 301 g/mol. The summed E-state index contributed by atoms with van der Waals surface area (Å²) >= 11 is 5.90. The van der Waals surface area contributed by atoms with Crippen molar-refractivity contribution in [1.82, 2.24) is 15.2 Å². The lowest BCUT2D eigenvalue weighted by molar-refractivity contribution is 1.09. The number of nitrogen functional groups attached to an aromatic ring is 1. The predicted octanol–water partition coefficient (Wildman–Crippen LogP) is 2.98. The van der Waals surface area contributed by atoms with Gasteiger partial charge in [-0.05, 0) is 24.6 Å². The third kappa shape index (κ3) is 2.43. The van der Waals surface area contributed by atoms with Crippen molar-refractivity contribution in [3.8, 4) is 22.4 Å². The van der Waals surface area contributed by atoms with Gasteiger partial charge in [-0.3, -0.25) is 9.89 Å². The summed E-state index contributed by atoms with van der Waals surface area (Å²) in [5, 5.41) is 7.49. The van der Waals surface area contributed by atoms with Gasteiger partial charge in [-0.25, -0.2) is 0 Å². The van der Waals surface area contributed by atoms with Crippen LogP contribution < -0.4 is 11.2 Å². The fraction of sp³-hybridized carbons (Fsp3) is 0.0667. The van der Waals surface area contributed by atoms with Crippen molar-refractivity contribution in [3.63, 3.8) is 0 Å². The van der Waals surface area contributed by atoms with Crippen LogP contribution in [-0.4, -0.2) is 15.2 Å². The quantitative estimate of drug-likeness (QED) is 0.680. The molecule has 0 aliphatic heterocycles. The summed E-state index contributed by atoms with van der Waals surface area (Å²) in [4.78, 5) is 15.2. The van der Waals surface area contributed by atoms with Gasteiger partial charge in [0.2, 0.25) is 0 Å². The maximum absolute atomic E-state index is 12.2. The van der Waals surface area contributed by atoms with E-state index in [1.54, 1.807) is 18.3 Å². The molecule has 0 atom stereocenters. The number of nitrogens with one attached hydrogen (secondary N) is 2. The number of H-pyrrole nitrogens is 2. The van der Waals surface area contributed by atoms with Gasteiger partial charge in [0, 0.05) is 23.0 Å². The fourth-order valence-corrected chi connectivity index (χ4v) is 2.35. The van der Waals surface area contributed by atoms with Gasteiger partial charge < -0.3 is 10.7 Å². The number of halogens is 1. The van der Waals surface area contributed by atoms with Crippen molar-refractivity contribution in [2.45, 2.75) is 6.92 Å². The highest BCUT2D eigenvalue weighted by Crippen LogP contribution is 2.33. The van der Waals surface area contributed by atoms with E-state index in [0.717, 1.165) is 11.3 Å². The average Bonchev–Trinajstić information content (AvgIpc) is 2.82. The van der Waals surface area contributed by atoms with Gasteiger partial charge in [0.05, 0.1) is 16.8 Å². The molecule has 3 aromatic rings. The first-order chi connectivity index (χ1) is 10.1. The Labute approximate surface area is 125 Å². The molecular weight excluding hydrogens is 288 g/mol. The summed E-state index contributed by atoms with van der Waals surface area (Å²) in [6.07, 6.45) is 1.66. The number of aromatic nitrogens is 3. The van der Waals surface area contributed by atoms with E-state index in [4.69, 9.17) is 17.3 Å². The molecule has 0 aliphatic carbocycles. The van der Waals surface area contributed by atoms with Crippen LogP contribution in [0.2, 0.25) is 5.02 Å². The molecule has 4 N–H and O–H groups in total. The normalized spacial score (nSPS) is 10.8. The Bertz CT molecular complexity index is 849. The summed E-state index contributed by atoms with van der Waals surface area (Å²) in [5.74, 6) is 0.340. The standard InChI is InChI=1S/C15H13ClN4O/c1-8-6-12(21)11(7-18-8)14-13(15(17)20-19-14)9-2-4-10(16)5-3-9/h2-7H,1H3,(H,18,21)(H3,17,19,20). The zero-order valence-electron chi connectivity index (χ0n) is 11.3. The van der Waals surface area contributed by atoms with Crippen LogP contribution in [0, 0.1) is 6.92 Å². The molecule has 0 saturated heterocycles. The predicted molar refractivity (Wildman–Crippen MR) is 84.2 cm³/mol. The Kier molecular flexibility index (Phi) is 3.27. The second kappa shape index (κ2) is 5.10. The molecule has 2 heterocycles.